The molecule has 1 rings (SSSR count). The molecule has 0 heteroatoms. The maximum Gasteiger partial charge on any atom is -0.0104 e. The fourth-order valence-corrected chi connectivity index (χ4v) is 2.81. The molecule has 0 nitrogen and oxygen atoms in total. The summed E-state index contributed by atoms with van der Waals surface area (Å²) in [7, 11) is 0. The molecule has 0 bridgehead atoms. The van der Waals surface area contributed by atoms with Crippen LogP contribution in [0.5, 0.6) is 0 Å². The summed E-state index contributed by atoms with van der Waals surface area (Å²) in [6, 6.07) is 0. The van der Waals surface area contributed by atoms with Gasteiger partial charge in [0.25, 0.3) is 0 Å². The van der Waals surface area contributed by atoms with Gasteiger partial charge in [0.1, 0.15) is 0 Å². The van der Waals surface area contributed by atoms with E-state index in [1.807, 2.05) is 0 Å². The molecule has 1 aliphatic rings. The van der Waals surface area contributed by atoms with E-state index in [0.717, 1.165) is 0 Å². The van der Waals surface area contributed by atoms with E-state index in [1.54, 1.807) is 11.1 Å². The molecular formula is C20H32. The van der Waals surface area contributed by atoms with Crippen molar-refractivity contribution in [1.82, 2.24) is 0 Å². The van der Waals surface area contributed by atoms with Crippen LogP contribution in [0.2, 0.25) is 0 Å². The Morgan fingerprint density at radius 3 is 2.65 bits per heavy atom. The molecule has 0 N–H and O–H groups in total. The largest absolute Gasteiger partial charge is 0.0817 e. The van der Waals surface area contributed by atoms with Gasteiger partial charge in [-0.15, -0.1) is 0 Å². The molecule has 0 aliphatic heterocycles. The Bertz CT molecular complexity index is 427. The molecule has 112 valence electrons. The summed E-state index contributed by atoms with van der Waals surface area (Å²) < 4.78 is 0. The first-order valence-corrected chi connectivity index (χ1v) is 8.10. The summed E-state index contributed by atoms with van der Waals surface area (Å²) in [6.07, 6.45) is 16.4. The molecular weight excluding hydrogens is 240 g/mol. The zero-order valence-corrected chi connectivity index (χ0v) is 14.3. The molecule has 1 atom stereocenters. The number of hydrogen-bond acceptors (Lipinski definition) is 0. The lowest BCUT2D eigenvalue weighted by Crippen LogP contribution is -2.19. The average molecular weight is 272 g/mol. The van der Waals surface area contributed by atoms with Crippen molar-refractivity contribution in [3.63, 3.8) is 0 Å². The standard InChI is InChI=1S/C20H32/c1-7-16(2)10-8-11-17(3)13-14-19-18(4)12-9-15-20(19,5)6/h8,10-11,13-14,16H,7,9,12,15H2,1-6H3/b10-8+,14-13+,17-11-/t16-/m1/s1. The molecule has 0 aromatic carbocycles. The highest BCUT2D eigenvalue weighted by atomic mass is 14.3. The van der Waals surface area contributed by atoms with Crippen molar-refractivity contribution in [2.75, 3.05) is 0 Å². The van der Waals surface area contributed by atoms with Gasteiger partial charge >= 0.3 is 0 Å². The Hall–Kier alpha value is -1.04. The maximum absolute atomic E-state index is 2.37. The fraction of sp³-hybridized carbons (Fsp3) is 0.600. The van der Waals surface area contributed by atoms with Crippen LogP contribution in [-0.4, -0.2) is 0 Å². The van der Waals surface area contributed by atoms with E-state index >= 15 is 0 Å². The van der Waals surface area contributed by atoms with Gasteiger partial charge in [0.15, 0.2) is 0 Å². The Balaban J connectivity index is 2.76. The first-order chi connectivity index (χ1) is 9.36. The Labute approximate surface area is 126 Å². The van der Waals surface area contributed by atoms with Crippen LogP contribution in [0.15, 0.2) is 47.1 Å². The summed E-state index contributed by atoms with van der Waals surface area (Å²) in [4.78, 5) is 0. The normalized spacial score (nSPS) is 22.0. The first kappa shape index (κ1) is 17.0. The molecule has 0 heterocycles. The van der Waals surface area contributed by atoms with Crippen molar-refractivity contribution in [2.24, 2.45) is 11.3 Å². The molecule has 0 unspecified atom stereocenters. The minimum atomic E-state index is 0.339. The Kier molecular flexibility index (Phi) is 6.52. The molecule has 0 aromatic heterocycles. The van der Waals surface area contributed by atoms with Crippen LogP contribution in [0.1, 0.15) is 67.2 Å². The fourth-order valence-electron chi connectivity index (χ4n) is 2.81. The van der Waals surface area contributed by atoms with Crippen molar-refractivity contribution < 1.29 is 0 Å². The minimum absolute atomic E-state index is 0.339. The van der Waals surface area contributed by atoms with Crippen molar-refractivity contribution in [3.05, 3.63) is 47.1 Å². The van der Waals surface area contributed by atoms with Gasteiger partial charge in [0.2, 0.25) is 0 Å². The molecule has 1 aliphatic carbocycles. The van der Waals surface area contributed by atoms with Crippen molar-refractivity contribution in [2.45, 2.75) is 67.2 Å². The third-order valence-corrected chi connectivity index (χ3v) is 4.50. The number of rotatable bonds is 5. The van der Waals surface area contributed by atoms with E-state index in [-0.39, 0.29) is 0 Å². The highest BCUT2D eigenvalue weighted by Crippen LogP contribution is 2.40. The molecule has 0 saturated heterocycles. The third-order valence-electron chi connectivity index (χ3n) is 4.50. The van der Waals surface area contributed by atoms with Crippen LogP contribution in [0.3, 0.4) is 0 Å². The van der Waals surface area contributed by atoms with Crippen LogP contribution in [0.4, 0.5) is 0 Å². The highest BCUT2D eigenvalue weighted by Gasteiger charge is 2.26. The van der Waals surface area contributed by atoms with Crippen LogP contribution in [-0.2, 0) is 0 Å². The summed E-state index contributed by atoms with van der Waals surface area (Å²) in [5.41, 5.74) is 4.78. The topological polar surface area (TPSA) is 0 Å². The van der Waals surface area contributed by atoms with E-state index in [9.17, 15) is 0 Å². The zero-order valence-electron chi connectivity index (χ0n) is 14.3. The molecule has 0 aromatic rings. The number of allylic oxidation sites excluding steroid dienone is 8. The summed E-state index contributed by atoms with van der Waals surface area (Å²) in [5, 5.41) is 0. The second-order valence-electron chi connectivity index (χ2n) is 6.95. The molecule has 0 amide bonds. The number of hydrogen-bond donors (Lipinski definition) is 0. The van der Waals surface area contributed by atoms with Gasteiger partial charge < -0.3 is 0 Å². The van der Waals surface area contributed by atoms with Crippen molar-refractivity contribution >= 4 is 0 Å². The van der Waals surface area contributed by atoms with Gasteiger partial charge in [-0.1, -0.05) is 75.6 Å². The van der Waals surface area contributed by atoms with Gasteiger partial charge in [-0.05, 0) is 50.0 Å². The van der Waals surface area contributed by atoms with Crippen LogP contribution >= 0.6 is 0 Å². The van der Waals surface area contributed by atoms with E-state index in [0.29, 0.717) is 11.3 Å². The predicted octanol–water partition coefficient (Wildman–Crippen LogP) is 6.62. The third kappa shape index (κ3) is 5.15. The van der Waals surface area contributed by atoms with Crippen molar-refractivity contribution in [3.8, 4) is 0 Å². The monoisotopic (exact) mass is 272 g/mol. The quantitative estimate of drug-likeness (QED) is 0.493. The molecule has 0 spiro atoms. The average Bonchev–Trinajstić information content (AvgIpc) is 2.37. The van der Waals surface area contributed by atoms with Gasteiger partial charge in [0.05, 0.1) is 0 Å². The SMILES string of the molecule is CC[C@@H](C)/C=C/C=C(C)\C=C\C1=C(C)CCCC1(C)C. The summed E-state index contributed by atoms with van der Waals surface area (Å²) >= 11 is 0. The second-order valence-corrected chi connectivity index (χ2v) is 6.95. The zero-order chi connectivity index (χ0) is 15.2. The van der Waals surface area contributed by atoms with Gasteiger partial charge in [0, 0.05) is 0 Å². The second kappa shape index (κ2) is 7.67. The van der Waals surface area contributed by atoms with Gasteiger partial charge in [-0.25, -0.2) is 0 Å². The summed E-state index contributed by atoms with van der Waals surface area (Å²) in [6.45, 7) is 13.7. The molecule has 20 heavy (non-hydrogen) atoms. The molecule has 0 fully saturated rings. The molecule has 0 radical (unpaired) electrons. The highest BCUT2D eigenvalue weighted by molar-refractivity contribution is 5.36. The lowest BCUT2D eigenvalue weighted by atomic mass is 9.72. The van der Waals surface area contributed by atoms with Crippen LogP contribution in [0.25, 0.3) is 0 Å². The van der Waals surface area contributed by atoms with E-state index in [4.69, 9.17) is 0 Å². The van der Waals surface area contributed by atoms with Crippen molar-refractivity contribution in [1.29, 1.82) is 0 Å². The lowest BCUT2D eigenvalue weighted by Gasteiger charge is -2.32. The predicted molar refractivity (Wildman–Crippen MR) is 91.8 cm³/mol. The van der Waals surface area contributed by atoms with E-state index in [1.165, 1.54) is 31.3 Å². The van der Waals surface area contributed by atoms with Gasteiger partial charge in [-0.3, -0.25) is 0 Å². The Morgan fingerprint density at radius 1 is 1.35 bits per heavy atom. The van der Waals surface area contributed by atoms with E-state index in [2.05, 4.69) is 71.9 Å². The summed E-state index contributed by atoms with van der Waals surface area (Å²) in [5.74, 6) is 0.672. The smallest absolute Gasteiger partial charge is 0.0104 e. The Morgan fingerprint density at radius 2 is 2.05 bits per heavy atom. The maximum atomic E-state index is 2.37. The van der Waals surface area contributed by atoms with Crippen LogP contribution < -0.4 is 0 Å². The van der Waals surface area contributed by atoms with Gasteiger partial charge in [-0.2, -0.15) is 0 Å². The first-order valence-electron chi connectivity index (χ1n) is 8.10. The van der Waals surface area contributed by atoms with Crippen LogP contribution in [0, 0.1) is 11.3 Å². The minimum Gasteiger partial charge on any atom is -0.0817 e. The van der Waals surface area contributed by atoms with E-state index < -0.39 is 0 Å². The molecule has 0 saturated carbocycles. The lowest BCUT2D eigenvalue weighted by molar-refractivity contribution is 0.377.